The molecule has 0 aromatic heterocycles. The maximum atomic E-state index is 11.5. The lowest BCUT2D eigenvalue weighted by Gasteiger charge is -2.09. The van der Waals surface area contributed by atoms with Crippen LogP contribution in [0.5, 0.6) is 0 Å². The Morgan fingerprint density at radius 2 is 2.00 bits per heavy atom. The molecule has 5 nitrogen and oxygen atoms in total. The fourth-order valence-corrected chi connectivity index (χ4v) is 2.40. The van der Waals surface area contributed by atoms with Gasteiger partial charge in [0.25, 0.3) is 0 Å². The molecule has 0 saturated heterocycles. The van der Waals surface area contributed by atoms with E-state index in [0.29, 0.717) is 24.8 Å². The number of amides is 1. The molecular weight excluding hydrogens is 297 g/mol. The van der Waals surface area contributed by atoms with E-state index in [1.165, 1.54) is 6.66 Å². The molecular formula is C13H28NO4PS. The first kappa shape index (κ1) is 20.0. The summed E-state index contributed by atoms with van der Waals surface area (Å²) < 4.78 is 15.6. The fourth-order valence-electron chi connectivity index (χ4n) is 1.58. The minimum Gasteiger partial charge on any atom is -0.356 e. The van der Waals surface area contributed by atoms with Gasteiger partial charge in [-0.05, 0) is 25.5 Å². The predicted octanol–water partition coefficient (Wildman–Crippen LogP) is 3.03. The van der Waals surface area contributed by atoms with Crippen molar-refractivity contribution < 1.29 is 18.8 Å². The maximum Gasteiger partial charge on any atom is 0.325 e. The van der Waals surface area contributed by atoms with Gasteiger partial charge in [0.1, 0.15) is 0 Å². The molecule has 0 aliphatic carbocycles. The molecule has 2 N–H and O–H groups in total. The molecule has 0 fully saturated rings. The molecule has 20 heavy (non-hydrogen) atoms. The molecule has 0 aromatic carbocycles. The topological polar surface area (TPSA) is 75.6 Å². The van der Waals surface area contributed by atoms with Crippen LogP contribution >= 0.6 is 19.4 Å². The number of unbranched alkanes of at least 4 members (excludes halogenated alkanes) is 3. The highest BCUT2D eigenvalue weighted by Crippen LogP contribution is 2.36. The maximum absolute atomic E-state index is 11.5. The molecule has 2 unspecified atom stereocenters. The molecule has 0 bridgehead atoms. The predicted molar refractivity (Wildman–Crippen MR) is 85.4 cm³/mol. The number of hydrogen-bond acceptors (Lipinski definition) is 4. The second-order valence-corrected chi connectivity index (χ2v) is 8.13. The summed E-state index contributed by atoms with van der Waals surface area (Å²) in [5.41, 5.74) is 0. The molecule has 2 atom stereocenters. The Kier molecular flexibility index (Phi) is 11.6. The van der Waals surface area contributed by atoms with Gasteiger partial charge in [0.05, 0.1) is 6.61 Å². The lowest BCUT2D eigenvalue weighted by Crippen LogP contribution is -2.24. The summed E-state index contributed by atoms with van der Waals surface area (Å²) in [7, 11) is -3.32. The minimum absolute atomic E-state index is 0.126. The standard InChI is InChI=1S/C13H28NO4PS/c1-12(20-3)8-9-13(15)14-10-6-4-5-7-11-18-19(2,16)17/h12H,4-11H2,1-3H3,(H,14,15)(H,16,17). The van der Waals surface area contributed by atoms with E-state index in [9.17, 15) is 9.36 Å². The first-order valence-electron chi connectivity index (χ1n) is 7.09. The van der Waals surface area contributed by atoms with Gasteiger partial charge >= 0.3 is 7.60 Å². The number of hydrogen-bond donors (Lipinski definition) is 2. The van der Waals surface area contributed by atoms with Crippen molar-refractivity contribution in [3.63, 3.8) is 0 Å². The molecule has 0 radical (unpaired) electrons. The van der Waals surface area contributed by atoms with Crippen molar-refractivity contribution in [3.05, 3.63) is 0 Å². The quantitative estimate of drug-likeness (QED) is 0.426. The van der Waals surface area contributed by atoms with Crippen molar-refractivity contribution in [1.82, 2.24) is 5.32 Å². The minimum atomic E-state index is -3.32. The number of rotatable bonds is 12. The highest BCUT2D eigenvalue weighted by molar-refractivity contribution is 7.99. The normalized spacial score (nSPS) is 15.6. The molecule has 120 valence electrons. The summed E-state index contributed by atoms with van der Waals surface area (Å²) in [4.78, 5) is 20.4. The number of nitrogens with one attached hydrogen (secondary N) is 1. The van der Waals surface area contributed by atoms with Crippen LogP contribution in [0.15, 0.2) is 0 Å². The Labute approximate surface area is 126 Å². The average Bonchev–Trinajstić information content (AvgIpc) is 2.37. The first-order chi connectivity index (χ1) is 9.35. The van der Waals surface area contributed by atoms with Gasteiger partial charge in [0, 0.05) is 24.9 Å². The molecule has 0 aromatic rings. The van der Waals surface area contributed by atoms with Crippen LogP contribution in [-0.4, -0.2) is 42.1 Å². The van der Waals surface area contributed by atoms with Crippen LogP contribution in [-0.2, 0) is 13.9 Å². The van der Waals surface area contributed by atoms with Gasteiger partial charge in [0.15, 0.2) is 0 Å². The lowest BCUT2D eigenvalue weighted by atomic mass is 10.2. The van der Waals surface area contributed by atoms with Gasteiger partial charge in [-0.3, -0.25) is 9.36 Å². The van der Waals surface area contributed by atoms with E-state index >= 15 is 0 Å². The SMILES string of the molecule is CSC(C)CCC(=O)NCCCCCCOP(C)(=O)O. The Morgan fingerprint density at radius 1 is 1.35 bits per heavy atom. The monoisotopic (exact) mass is 325 g/mol. The zero-order chi connectivity index (χ0) is 15.4. The van der Waals surface area contributed by atoms with Crippen molar-refractivity contribution >= 4 is 25.3 Å². The van der Waals surface area contributed by atoms with E-state index in [2.05, 4.69) is 18.5 Å². The van der Waals surface area contributed by atoms with Gasteiger partial charge in [-0.2, -0.15) is 11.8 Å². The Morgan fingerprint density at radius 3 is 2.60 bits per heavy atom. The van der Waals surface area contributed by atoms with E-state index in [1.807, 2.05) is 0 Å². The smallest absolute Gasteiger partial charge is 0.325 e. The van der Waals surface area contributed by atoms with E-state index < -0.39 is 7.60 Å². The Hall–Kier alpha value is -0.0300. The van der Waals surface area contributed by atoms with Crippen LogP contribution in [0, 0.1) is 0 Å². The summed E-state index contributed by atoms with van der Waals surface area (Å²) in [6, 6.07) is 0. The van der Waals surface area contributed by atoms with Crippen LogP contribution in [0.3, 0.4) is 0 Å². The van der Waals surface area contributed by atoms with Gasteiger partial charge in [-0.1, -0.05) is 19.8 Å². The second kappa shape index (κ2) is 11.6. The van der Waals surface area contributed by atoms with Crippen molar-refractivity contribution in [2.45, 2.75) is 50.7 Å². The van der Waals surface area contributed by atoms with Gasteiger partial charge in [-0.15, -0.1) is 0 Å². The highest BCUT2D eigenvalue weighted by Gasteiger charge is 2.08. The van der Waals surface area contributed by atoms with Gasteiger partial charge in [0.2, 0.25) is 5.91 Å². The van der Waals surface area contributed by atoms with E-state index in [-0.39, 0.29) is 5.91 Å². The molecule has 0 aliphatic heterocycles. The summed E-state index contributed by atoms with van der Waals surface area (Å²) >= 11 is 1.78. The van der Waals surface area contributed by atoms with Crippen molar-refractivity contribution in [3.8, 4) is 0 Å². The zero-order valence-electron chi connectivity index (χ0n) is 12.8. The third kappa shape index (κ3) is 14.4. The Balaban J connectivity index is 3.31. The van der Waals surface area contributed by atoms with Crippen molar-refractivity contribution in [2.75, 3.05) is 26.1 Å². The van der Waals surface area contributed by atoms with Crippen molar-refractivity contribution in [1.29, 1.82) is 0 Å². The molecule has 7 heteroatoms. The van der Waals surface area contributed by atoms with Gasteiger partial charge < -0.3 is 14.7 Å². The van der Waals surface area contributed by atoms with E-state index in [4.69, 9.17) is 9.42 Å². The first-order valence-corrected chi connectivity index (χ1v) is 10.4. The summed E-state index contributed by atoms with van der Waals surface area (Å²) in [5, 5.41) is 3.44. The molecule has 0 aliphatic rings. The van der Waals surface area contributed by atoms with Crippen LogP contribution in [0.4, 0.5) is 0 Å². The zero-order valence-corrected chi connectivity index (χ0v) is 14.5. The molecule has 1 amide bonds. The summed E-state index contributed by atoms with van der Waals surface area (Å²) in [5.74, 6) is 0.126. The van der Waals surface area contributed by atoms with Crippen molar-refractivity contribution in [2.24, 2.45) is 0 Å². The molecule has 0 heterocycles. The van der Waals surface area contributed by atoms with Crippen LogP contribution in [0.1, 0.15) is 45.4 Å². The Bertz CT molecular complexity index is 309. The second-order valence-electron chi connectivity index (χ2n) is 4.99. The average molecular weight is 325 g/mol. The summed E-state index contributed by atoms with van der Waals surface area (Å²) in [6.07, 6.45) is 7.22. The molecule has 0 spiro atoms. The third-order valence-electron chi connectivity index (χ3n) is 2.90. The van der Waals surface area contributed by atoms with E-state index in [0.717, 1.165) is 32.1 Å². The number of carbonyl (C=O) groups is 1. The summed E-state index contributed by atoms with van der Waals surface area (Å²) in [6.45, 7) is 4.35. The lowest BCUT2D eigenvalue weighted by molar-refractivity contribution is -0.121. The van der Waals surface area contributed by atoms with Crippen LogP contribution < -0.4 is 5.32 Å². The number of carbonyl (C=O) groups excluding carboxylic acids is 1. The van der Waals surface area contributed by atoms with Crippen LogP contribution in [0.25, 0.3) is 0 Å². The fraction of sp³-hybridized carbons (Fsp3) is 0.923. The third-order valence-corrected chi connectivity index (χ3v) is 4.61. The molecule has 0 saturated carbocycles. The molecule has 0 rings (SSSR count). The largest absolute Gasteiger partial charge is 0.356 e. The van der Waals surface area contributed by atoms with Crippen LogP contribution in [0.2, 0.25) is 0 Å². The number of thioether (sulfide) groups is 1. The van der Waals surface area contributed by atoms with E-state index in [1.54, 1.807) is 11.8 Å². The van der Waals surface area contributed by atoms with Gasteiger partial charge in [-0.25, -0.2) is 0 Å². The highest BCUT2D eigenvalue weighted by atomic mass is 32.2.